The molecule has 38 heavy (non-hydrogen) atoms. The average Bonchev–Trinajstić information content (AvgIpc) is 3.64. The van der Waals surface area contributed by atoms with Crippen molar-refractivity contribution >= 4 is 38.9 Å². The van der Waals surface area contributed by atoms with E-state index in [4.69, 9.17) is 21.9 Å². The van der Waals surface area contributed by atoms with Crippen LogP contribution in [0, 0.1) is 13.8 Å². The third-order valence-corrected chi connectivity index (χ3v) is 8.53. The van der Waals surface area contributed by atoms with Gasteiger partial charge in [-0.3, -0.25) is 4.98 Å². The van der Waals surface area contributed by atoms with Gasteiger partial charge in [0.15, 0.2) is 5.11 Å². The van der Waals surface area contributed by atoms with Crippen molar-refractivity contribution < 1.29 is 4.74 Å². The highest BCUT2D eigenvalue weighted by Crippen LogP contribution is 2.44. The Hall–Kier alpha value is -3.16. The van der Waals surface area contributed by atoms with Crippen LogP contribution in [-0.4, -0.2) is 20.8 Å². The third kappa shape index (κ3) is 4.74. The molecule has 0 bridgehead atoms. The second-order valence-corrected chi connectivity index (χ2v) is 11.5. The number of nitrogens with one attached hydrogen (secondary N) is 1. The maximum absolute atomic E-state index is 6.23. The summed E-state index contributed by atoms with van der Waals surface area (Å²) in [6, 6.07) is 25.0. The van der Waals surface area contributed by atoms with E-state index in [2.05, 4.69) is 105 Å². The molecule has 4 aromatic rings. The smallest absolute Gasteiger partial charge is 0.174 e. The molecule has 3 heterocycles. The second kappa shape index (κ2) is 10.5. The molecule has 1 aliphatic carbocycles. The first-order valence-electron chi connectivity index (χ1n) is 13.2. The zero-order valence-corrected chi connectivity index (χ0v) is 24.0. The van der Waals surface area contributed by atoms with Gasteiger partial charge in [0, 0.05) is 33.4 Å². The van der Waals surface area contributed by atoms with Crippen molar-refractivity contribution in [1.82, 2.24) is 14.9 Å². The van der Waals surface area contributed by atoms with Gasteiger partial charge in [0.1, 0.15) is 5.75 Å². The molecule has 1 saturated carbocycles. The van der Waals surface area contributed by atoms with Gasteiger partial charge >= 0.3 is 0 Å². The minimum absolute atomic E-state index is 0.0607. The van der Waals surface area contributed by atoms with E-state index < -0.39 is 0 Å². The number of hydrogen-bond donors (Lipinski definition) is 1. The van der Waals surface area contributed by atoms with E-state index in [0.717, 1.165) is 40.1 Å². The van der Waals surface area contributed by atoms with Crippen molar-refractivity contribution in [3.8, 4) is 11.4 Å². The van der Waals surface area contributed by atoms with Gasteiger partial charge < -0.3 is 19.5 Å². The molecule has 2 aliphatic rings. The van der Waals surface area contributed by atoms with E-state index >= 15 is 0 Å². The Kier molecular flexibility index (Phi) is 6.97. The number of pyridine rings is 1. The maximum Gasteiger partial charge on any atom is 0.174 e. The summed E-state index contributed by atoms with van der Waals surface area (Å²) in [5, 5.41) is 4.29. The number of benzene rings is 2. The Morgan fingerprint density at radius 3 is 2.34 bits per heavy atom. The first kappa shape index (κ1) is 25.1. The normalized spacial score (nSPS) is 19.7. The molecule has 0 unspecified atom stereocenters. The molecule has 6 rings (SSSR count). The molecule has 2 atom stereocenters. The molecular weight excluding hydrogens is 556 g/mol. The van der Waals surface area contributed by atoms with Crippen LogP contribution >= 0.6 is 28.1 Å². The van der Waals surface area contributed by atoms with Crippen LogP contribution in [0.5, 0.6) is 5.75 Å². The molecule has 0 radical (unpaired) electrons. The van der Waals surface area contributed by atoms with E-state index in [-0.39, 0.29) is 12.1 Å². The summed E-state index contributed by atoms with van der Waals surface area (Å²) < 4.78 is 9.61. The predicted molar refractivity (Wildman–Crippen MR) is 160 cm³/mol. The first-order valence-corrected chi connectivity index (χ1v) is 14.4. The Bertz CT molecular complexity index is 1430. The standard InChI is InChI=1S/C31H31BrN4OS/c1-20-19-27(21(2)35(20)23-12-10-22(32)11-13-23)30-29(28-9-5-6-18-33-28)34-31(38)36(30)24-14-16-26(17-15-24)37-25-7-3-4-8-25/h5-6,9-19,25,29-30H,3-4,7-8H2,1-2H3,(H,34,38)/t29-,30-/m1/s1. The van der Waals surface area contributed by atoms with Crippen molar-refractivity contribution in [3.63, 3.8) is 0 Å². The van der Waals surface area contributed by atoms with Crippen LogP contribution in [0.3, 0.4) is 0 Å². The number of ether oxygens (including phenoxy) is 1. The molecule has 7 heteroatoms. The number of thiocarbonyl (C=S) groups is 1. The zero-order valence-electron chi connectivity index (χ0n) is 21.6. The number of hydrogen-bond acceptors (Lipinski definition) is 3. The van der Waals surface area contributed by atoms with Gasteiger partial charge in [0.2, 0.25) is 0 Å². The lowest BCUT2D eigenvalue weighted by Crippen LogP contribution is -2.29. The molecule has 0 spiro atoms. The summed E-state index contributed by atoms with van der Waals surface area (Å²) in [5.74, 6) is 0.921. The fourth-order valence-corrected chi connectivity index (χ4v) is 6.52. The van der Waals surface area contributed by atoms with Crippen molar-refractivity contribution in [1.29, 1.82) is 0 Å². The quantitative estimate of drug-likeness (QED) is 0.234. The van der Waals surface area contributed by atoms with Gasteiger partial charge in [-0.25, -0.2) is 0 Å². The summed E-state index contributed by atoms with van der Waals surface area (Å²) in [6.07, 6.45) is 6.98. The number of anilines is 1. The van der Waals surface area contributed by atoms with Crippen LogP contribution in [0.2, 0.25) is 0 Å². The number of halogens is 1. The van der Waals surface area contributed by atoms with Gasteiger partial charge in [-0.1, -0.05) is 22.0 Å². The number of nitrogens with zero attached hydrogens (tertiary/aromatic N) is 3. The van der Waals surface area contributed by atoms with Crippen LogP contribution in [0.25, 0.3) is 5.69 Å². The highest BCUT2D eigenvalue weighted by molar-refractivity contribution is 9.10. The molecule has 0 amide bonds. The van der Waals surface area contributed by atoms with Gasteiger partial charge in [-0.15, -0.1) is 0 Å². The van der Waals surface area contributed by atoms with Crippen LogP contribution in [0.15, 0.2) is 83.5 Å². The fraction of sp³-hybridized carbons (Fsp3) is 0.290. The Balaban J connectivity index is 1.41. The predicted octanol–water partition coefficient (Wildman–Crippen LogP) is 7.75. The van der Waals surface area contributed by atoms with E-state index in [1.54, 1.807) is 0 Å². The zero-order chi connectivity index (χ0) is 26.2. The Morgan fingerprint density at radius 2 is 1.66 bits per heavy atom. The fourth-order valence-electron chi connectivity index (χ4n) is 5.91. The first-order chi connectivity index (χ1) is 18.5. The van der Waals surface area contributed by atoms with Crippen LogP contribution < -0.4 is 15.0 Å². The highest BCUT2D eigenvalue weighted by atomic mass is 79.9. The molecular formula is C31H31BrN4OS. The second-order valence-electron chi connectivity index (χ2n) is 10.2. The summed E-state index contributed by atoms with van der Waals surface area (Å²) in [7, 11) is 0. The number of aryl methyl sites for hydroxylation is 1. The van der Waals surface area contributed by atoms with Crippen LogP contribution in [-0.2, 0) is 0 Å². The van der Waals surface area contributed by atoms with Gasteiger partial charge in [0.25, 0.3) is 0 Å². The maximum atomic E-state index is 6.23. The summed E-state index contributed by atoms with van der Waals surface area (Å²) >= 11 is 9.52. The topological polar surface area (TPSA) is 42.3 Å². The summed E-state index contributed by atoms with van der Waals surface area (Å²) in [6.45, 7) is 4.35. The molecule has 1 N–H and O–H groups in total. The lowest BCUT2D eigenvalue weighted by Gasteiger charge is -2.28. The summed E-state index contributed by atoms with van der Waals surface area (Å²) in [4.78, 5) is 6.95. The third-order valence-electron chi connectivity index (χ3n) is 7.69. The lowest BCUT2D eigenvalue weighted by molar-refractivity contribution is 0.210. The lowest BCUT2D eigenvalue weighted by atomic mass is 9.96. The highest BCUT2D eigenvalue weighted by Gasteiger charge is 2.42. The summed E-state index contributed by atoms with van der Waals surface area (Å²) in [5.41, 5.74) is 6.73. The van der Waals surface area contributed by atoms with E-state index in [9.17, 15) is 0 Å². The van der Waals surface area contributed by atoms with Crippen molar-refractivity contribution in [2.75, 3.05) is 4.90 Å². The van der Waals surface area contributed by atoms with Crippen molar-refractivity contribution in [3.05, 3.63) is 106 Å². The minimum atomic E-state index is -0.0861. The Labute approximate surface area is 238 Å². The van der Waals surface area contributed by atoms with Gasteiger partial charge in [0.05, 0.1) is 23.9 Å². The van der Waals surface area contributed by atoms with E-state index in [1.165, 1.54) is 29.8 Å². The molecule has 2 fully saturated rings. The molecule has 194 valence electrons. The van der Waals surface area contributed by atoms with Gasteiger partial charge in [-0.2, -0.15) is 0 Å². The monoisotopic (exact) mass is 586 g/mol. The Morgan fingerprint density at radius 1 is 0.947 bits per heavy atom. The molecule has 2 aromatic heterocycles. The minimum Gasteiger partial charge on any atom is -0.490 e. The van der Waals surface area contributed by atoms with Crippen molar-refractivity contribution in [2.45, 2.75) is 57.7 Å². The average molecular weight is 588 g/mol. The number of aromatic nitrogens is 2. The van der Waals surface area contributed by atoms with E-state index in [0.29, 0.717) is 11.2 Å². The largest absolute Gasteiger partial charge is 0.490 e. The molecule has 2 aromatic carbocycles. The molecule has 1 saturated heterocycles. The molecule has 5 nitrogen and oxygen atoms in total. The van der Waals surface area contributed by atoms with Crippen LogP contribution in [0.4, 0.5) is 5.69 Å². The van der Waals surface area contributed by atoms with Gasteiger partial charge in [-0.05, 0) is 124 Å². The SMILES string of the molecule is Cc1cc([C@@H]2[C@@H](c3ccccn3)NC(=S)N2c2ccc(OC3CCCC3)cc2)c(C)n1-c1ccc(Br)cc1. The van der Waals surface area contributed by atoms with Crippen LogP contribution in [0.1, 0.15) is 60.4 Å². The van der Waals surface area contributed by atoms with Crippen molar-refractivity contribution in [2.24, 2.45) is 0 Å². The van der Waals surface area contributed by atoms with E-state index in [1.807, 2.05) is 18.3 Å². The number of rotatable bonds is 6. The molecule has 1 aliphatic heterocycles.